The molecule has 1 aromatic rings. The van der Waals surface area contributed by atoms with Gasteiger partial charge in [-0.2, -0.15) is 0 Å². The molecule has 1 aromatic carbocycles. The minimum atomic E-state index is -0.280. The summed E-state index contributed by atoms with van der Waals surface area (Å²) in [6.45, 7) is 12.0. The van der Waals surface area contributed by atoms with Crippen LogP contribution in [0, 0.1) is 11.7 Å². The first kappa shape index (κ1) is 21.4. The van der Waals surface area contributed by atoms with E-state index in [-0.39, 0.29) is 41.7 Å². The van der Waals surface area contributed by atoms with Crippen LogP contribution in [-0.2, 0) is 16.1 Å². The molecule has 27 heavy (non-hydrogen) atoms. The standard InChI is InChI=1S/C21H32FN3O2/c1-15(2)18-13-24(14-19(26)23-21(3,4)5)11-10-20(27)25(18)12-16-6-8-17(22)9-7-16/h6-9,15,18H,10-14H2,1-5H3,(H,23,26)/t18-/m1/s1. The summed E-state index contributed by atoms with van der Waals surface area (Å²) in [5, 5.41) is 2.98. The summed E-state index contributed by atoms with van der Waals surface area (Å²) in [7, 11) is 0. The Kier molecular flexibility index (Phi) is 6.98. The van der Waals surface area contributed by atoms with Crippen LogP contribution in [0.4, 0.5) is 4.39 Å². The molecule has 0 unspecified atom stereocenters. The lowest BCUT2D eigenvalue weighted by atomic mass is 10.0. The van der Waals surface area contributed by atoms with Crippen molar-refractivity contribution in [1.29, 1.82) is 0 Å². The SMILES string of the molecule is CC(C)[C@H]1CN(CC(=O)NC(C)(C)C)CCC(=O)N1Cc1ccc(F)cc1. The Labute approximate surface area is 161 Å². The first-order valence-electron chi connectivity index (χ1n) is 9.62. The number of nitrogens with one attached hydrogen (secondary N) is 1. The summed E-state index contributed by atoms with van der Waals surface area (Å²) >= 11 is 0. The Morgan fingerprint density at radius 3 is 2.44 bits per heavy atom. The molecule has 0 spiro atoms. The molecule has 0 bridgehead atoms. The molecular formula is C21H32FN3O2. The van der Waals surface area contributed by atoms with Crippen molar-refractivity contribution in [1.82, 2.24) is 15.1 Å². The number of carbonyl (C=O) groups excluding carboxylic acids is 2. The maximum atomic E-state index is 13.2. The zero-order valence-corrected chi connectivity index (χ0v) is 17.1. The second-order valence-corrected chi connectivity index (χ2v) is 8.74. The highest BCUT2D eigenvalue weighted by Gasteiger charge is 2.32. The van der Waals surface area contributed by atoms with Crippen molar-refractivity contribution in [2.24, 2.45) is 5.92 Å². The smallest absolute Gasteiger partial charge is 0.234 e. The van der Waals surface area contributed by atoms with Crippen LogP contribution in [-0.4, -0.2) is 52.8 Å². The van der Waals surface area contributed by atoms with Crippen LogP contribution in [0.25, 0.3) is 0 Å². The first-order valence-corrected chi connectivity index (χ1v) is 9.62. The molecule has 1 aliphatic rings. The van der Waals surface area contributed by atoms with Crippen molar-refractivity contribution in [3.05, 3.63) is 35.6 Å². The molecule has 150 valence electrons. The minimum absolute atomic E-state index is 0.00693. The second kappa shape index (κ2) is 8.83. The van der Waals surface area contributed by atoms with Gasteiger partial charge in [-0.3, -0.25) is 14.5 Å². The lowest BCUT2D eigenvalue weighted by Gasteiger charge is -2.35. The monoisotopic (exact) mass is 377 g/mol. The fourth-order valence-corrected chi connectivity index (χ4v) is 3.40. The highest BCUT2D eigenvalue weighted by atomic mass is 19.1. The van der Waals surface area contributed by atoms with Gasteiger partial charge in [0.25, 0.3) is 0 Å². The molecule has 0 aliphatic carbocycles. The number of benzene rings is 1. The largest absolute Gasteiger partial charge is 0.350 e. The summed E-state index contributed by atoms with van der Waals surface area (Å²) in [5.74, 6) is 0.0271. The Hall–Kier alpha value is -1.95. The highest BCUT2D eigenvalue weighted by Crippen LogP contribution is 2.21. The van der Waals surface area contributed by atoms with Crippen LogP contribution >= 0.6 is 0 Å². The highest BCUT2D eigenvalue weighted by molar-refractivity contribution is 5.79. The first-order chi connectivity index (χ1) is 12.5. The second-order valence-electron chi connectivity index (χ2n) is 8.74. The van der Waals surface area contributed by atoms with Gasteiger partial charge in [-0.25, -0.2) is 4.39 Å². The van der Waals surface area contributed by atoms with Gasteiger partial charge in [-0.05, 0) is 44.4 Å². The Balaban J connectivity index is 2.11. The van der Waals surface area contributed by atoms with E-state index in [9.17, 15) is 14.0 Å². The number of nitrogens with zero attached hydrogens (tertiary/aromatic N) is 2. The molecule has 1 saturated heterocycles. The van der Waals surface area contributed by atoms with Gasteiger partial charge in [0, 0.05) is 37.6 Å². The Morgan fingerprint density at radius 1 is 1.26 bits per heavy atom. The molecule has 1 atom stereocenters. The summed E-state index contributed by atoms with van der Waals surface area (Å²) in [5.41, 5.74) is 0.638. The van der Waals surface area contributed by atoms with E-state index in [0.29, 0.717) is 26.1 Å². The predicted molar refractivity (Wildman–Crippen MR) is 105 cm³/mol. The lowest BCUT2D eigenvalue weighted by molar-refractivity contribution is -0.134. The van der Waals surface area contributed by atoms with Crippen LogP contribution in [0.5, 0.6) is 0 Å². The number of hydrogen-bond donors (Lipinski definition) is 1. The van der Waals surface area contributed by atoms with Gasteiger partial charge < -0.3 is 10.2 Å². The summed E-state index contributed by atoms with van der Waals surface area (Å²) in [6.07, 6.45) is 0.382. The fraction of sp³-hybridized carbons (Fsp3) is 0.619. The van der Waals surface area contributed by atoms with Gasteiger partial charge in [0.1, 0.15) is 5.82 Å². The maximum absolute atomic E-state index is 13.2. The van der Waals surface area contributed by atoms with Gasteiger partial charge >= 0.3 is 0 Å². The third kappa shape index (κ3) is 6.61. The van der Waals surface area contributed by atoms with Gasteiger partial charge in [0.2, 0.25) is 11.8 Å². The van der Waals surface area contributed by atoms with Crippen LogP contribution < -0.4 is 5.32 Å². The molecule has 5 nitrogen and oxygen atoms in total. The van der Waals surface area contributed by atoms with E-state index in [1.54, 1.807) is 12.1 Å². The van der Waals surface area contributed by atoms with E-state index in [0.717, 1.165) is 5.56 Å². The van der Waals surface area contributed by atoms with E-state index in [1.807, 2.05) is 25.7 Å². The number of carbonyl (C=O) groups is 2. The van der Waals surface area contributed by atoms with E-state index >= 15 is 0 Å². The fourth-order valence-electron chi connectivity index (χ4n) is 3.40. The van der Waals surface area contributed by atoms with Crippen LogP contribution in [0.1, 0.15) is 46.6 Å². The normalized spacial score (nSPS) is 19.3. The van der Waals surface area contributed by atoms with Crippen molar-refractivity contribution in [2.45, 2.75) is 59.2 Å². The summed E-state index contributed by atoms with van der Waals surface area (Å²) < 4.78 is 13.2. The lowest BCUT2D eigenvalue weighted by Crippen LogP contribution is -2.49. The third-order valence-corrected chi connectivity index (χ3v) is 4.73. The van der Waals surface area contributed by atoms with E-state index < -0.39 is 0 Å². The zero-order valence-electron chi connectivity index (χ0n) is 17.1. The molecule has 2 amide bonds. The molecule has 6 heteroatoms. The molecule has 0 aromatic heterocycles. The van der Waals surface area contributed by atoms with E-state index in [2.05, 4.69) is 24.1 Å². The molecule has 1 aliphatic heterocycles. The van der Waals surface area contributed by atoms with Gasteiger partial charge in [0.05, 0.1) is 6.54 Å². The van der Waals surface area contributed by atoms with Crippen LogP contribution in [0.2, 0.25) is 0 Å². The molecule has 2 rings (SSSR count). The Morgan fingerprint density at radius 2 is 1.89 bits per heavy atom. The average molecular weight is 378 g/mol. The molecule has 0 radical (unpaired) electrons. The molecule has 1 fully saturated rings. The van der Waals surface area contributed by atoms with Crippen LogP contribution in [0.15, 0.2) is 24.3 Å². The van der Waals surface area contributed by atoms with Crippen LogP contribution in [0.3, 0.4) is 0 Å². The van der Waals surface area contributed by atoms with E-state index in [4.69, 9.17) is 0 Å². The molecule has 0 saturated carbocycles. The van der Waals surface area contributed by atoms with Crippen molar-refractivity contribution in [3.63, 3.8) is 0 Å². The Bertz CT molecular complexity index is 652. The van der Waals surface area contributed by atoms with Crippen molar-refractivity contribution < 1.29 is 14.0 Å². The molecular weight excluding hydrogens is 345 g/mol. The summed E-state index contributed by atoms with van der Waals surface area (Å²) in [6, 6.07) is 6.29. The average Bonchev–Trinajstić information content (AvgIpc) is 2.68. The molecule has 1 N–H and O–H groups in total. The van der Waals surface area contributed by atoms with Crippen molar-refractivity contribution in [3.8, 4) is 0 Å². The van der Waals surface area contributed by atoms with Gasteiger partial charge in [-0.1, -0.05) is 26.0 Å². The van der Waals surface area contributed by atoms with Gasteiger partial charge in [0.15, 0.2) is 0 Å². The number of rotatable bonds is 5. The predicted octanol–water partition coefficient (Wildman–Crippen LogP) is 2.80. The summed E-state index contributed by atoms with van der Waals surface area (Å²) in [4.78, 5) is 29.1. The van der Waals surface area contributed by atoms with Crippen molar-refractivity contribution in [2.75, 3.05) is 19.6 Å². The van der Waals surface area contributed by atoms with E-state index in [1.165, 1.54) is 12.1 Å². The van der Waals surface area contributed by atoms with Gasteiger partial charge in [-0.15, -0.1) is 0 Å². The number of amides is 2. The topological polar surface area (TPSA) is 52.7 Å². The third-order valence-electron chi connectivity index (χ3n) is 4.73. The minimum Gasteiger partial charge on any atom is -0.350 e. The maximum Gasteiger partial charge on any atom is 0.234 e. The van der Waals surface area contributed by atoms with Crippen molar-refractivity contribution >= 4 is 11.8 Å². The number of halogens is 1. The molecule has 1 heterocycles. The number of hydrogen-bond acceptors (Lipinski definition) is 3. The quantitative estimate of drug-likeness (QED) is 0.859. The zero-order chi connectivity index (χ0) is 20.2.